The van der Waals surface area contributed by atoms with Crippen molar-refractivity contribution in [3.05, 3.63) is 0 Å². The number of nitrogens with zero attached hydrogens (tertiary/aromatic N) is 3. The third-order valence-corrected chi connectivity index (χ3v) is 5.92. The molecule has 0 saturated carbocycles. The van der Waals surface area contributed by atoms with E-state index in [9.17, 15) is 0 Å². The molecule has 0 aliphatic carbocycles. The normalized spacial score (nSPS) is 26.1. The van der Waals surface area contributed by atoms with Crippen molar-refractivity contribution in [3.8, 4) is 0 Å². The van der Waals surface area contributed by atoms with Gasteiger partial charge in [0.05, 0.1) is 0 Å². The van der Waals surface area contributed by atoms with E-state index in [-0.39, 0.29) is 0 Å². The maximum absolute atomic E-state index is 5.45. The highest BCUT2D eigenvalue weighted by Gasteiger charge is 2.21. The molecule has 2 aliphatic rings. The van der Waals surface area contributed by atoms with Crippen molar-refractivity contribution in [2.45, 2.75) is 52.4 Å². The number of piperidine rings is 1. The Hall–Kier alpha value is -0.810. The van der Waals surface area contributed by atoms with Gasteiger partial charge in [-0.1, -0.05) is 13.8 Å². The molecule has 26 heavy (non-hydrogen) atoms. The standard InChI is InChI=1S/C21H42N4O/c1-18-15-19(2)17-25(16-18)11-6-5-10-23-21(22-3)24(4)12-7-20-8-13-26-14-9-20/h18-20H,5-17H2,1-4H3,(H,22,23). The minimum atomic E-state index is 0.818. The highest BCUT2D eigenvalue weighted by molar-refractivity contribution is 5.79. The lowest BCUT2D eigenvalue weighted by Gasteiger charge is -2.35. The molecular weight excluding hydrogens is 324 g/mol. The zero-order valence-corrected chi connectivity index (χ0v) is 17.7. The number of nitrogens with one attached hydrogen (secondary N) is 1. The van der Waals surface area contributed by atoms with Gasteiger partial charge in [-0.05, 0) is 62.8 Å². The summed E-state index contributed by atoms with van der Waals surface area (Å²) >= 11 is 0. The minimum absolute atomic E-state index is 0.818. The molecule has 1 N–H and O–H groups in total. The molecule has 2 unspecified atom stereocenters. The number of ether oxygens (including phenoxy) is 1. The number of hydrogen-bond acceptors (Lipinski definition) is 3. The largest absolute Gasteiger partial charge is 0.381 e. The van der Waals surface area contributed by atoms with Gasteiger partial charge >= 0.3 is 0 Å². The van der Waals surface area contributed by atoms with Crippen molar-refractivity contribution in [3.63, 3.8) is 0 Å². The number of unbranched alkanes of at least 4 members (excludes halogenated alkanes) is 1. The predicted molar refractivity (Wildman–Crippen MR) is 111 cm³/mol. The summed E-state index contributed by atoms with van der Waals surface area (Å²) in [5.41, 5.74) is 0. The van der Waals surface area contributed by atoms with E-state index in [2.05, 4.69) is 41.0 Å². The quantitative estimate of drug-likeness (QED) is 0.407. The molecule has 0 aromatic carbocycles. The minimum Gasteiger partial charge on any atom is -0.381 e. The third-order valence-electron chi connectivity index (χ3n) is 5.92. The molecular formula is C21H42N4O. The fourth-order valence-electron chi connectivity index (χ4n) is 4.54. The number of guanidine groups is 1. The zero-order chi connectivity index (χ0) is 18.8. The molecule has 2 fully saturated rings. The van der Waals surface area contributed by atoms with Crippen molar-refractivity contribution in [2.24, 2.45) is 22.7 Å². The van der Waals surface area contributed by atoms with Gasteiger partial charge in [-0.3, -0.25) is 4.99 Å². The van der Waals surface area contributed by atoms with E-state index in [0.717, 1.165) is 50.0 Å². The van der Waals surface area contributed by atoms with Gasteiger partial charge in [0.1, 0.15) is 0 Å². The zero-order valence-electron chi connectivity index (χ0n) is 17.7. The second-order valence-electron chi connectivity index (χ2n) is 8.65. The van der Waals surface area contributed by atoms with Crippen LogP contribution in [0.4, 0.5) is 0 Å². The fourth-order valence-corrected chi connectivity index (χ4v) is 4.54. The number of aliphatic imine (C=N–C) groups is 1. The van der Waals surface area contributed by atoms with Crippen LogP contribution in [0.1, 0.15) is 52.4 Å². The SMILES string of the molecule is CN=C(NCCCCN1CC(C)CC(C)C1)N(C)CCC1CCOCC1. The average Bonchev–Trinajstić information content (AvgIpc) is 2.63. The lowest BCUT2D eigenvalue weighted by atomic mass is 9.92. The van der Waals surface area contributed by atoms with Gasteiger partial charge in [0.2, 0.25) is 0 Å². The molecule has 2 atom stereocenters. The van der Waals surface area contributed by atoms with Gasteiger partial charge < -0.3 is 19.9 Å². The Kier molecular flexibility index (Phi) is 9.76. The van der Waals surface area contributed by atoms with Crippen LogP contribution in [-0.2, 0) is 4.74 Å². The Morgan fingerprint density at radius 1 is 1.15 bits per heavy atom. The molecule has 2 rings (SSSR count). The number of hydrogen-bond donors (Lipinski definition) is 1. The summed E-state index contributed by atoms with van der Waals surface area (Å²) < 4.78 is 5.45. The molecule has 0 bridgehead atoms. The van der Waals surface area contributed by atoms with E-state index in [1.807, 2.05) is 7.05 Å². The van der Waals surface area contributed by atoms with E-state index in [1.54, 1.807) is 0 Å². The summed E-state index contributed by atoms with van der Waals surface area (Å²) in [4.78, 5) is 9.40. The predicted octanol–water partition coefficient (Wildman–Crippen LogP) is 3.07. The van der Waals surface area contributed by atoms with Gasteiger partial charge in [-0.15, -0.1) is 0 Å². The first kappa shape index (κ1) is 21.5. The van der Waals surface area contributed by atoms with Crippen molar-refractivity contribution in [1.29, 1.82) is 0 Å². The molecule has 152 valence electrons. The summed E-state index contributed by atoms with van der Waals surface area (Å²) in [6.07, 6.45) is 7.56. The van der Waals surface area contributed by atoms with E-state index in [1.165, 1.54) is 58.2 Å². The molecule has 0 spiro atoms. The highest BCUT2D eigenvalue weighted by atomic mass is 16.5. The molecule has 2 aliphatic heterocycles. The molecule has 0 aromatic heterocycles. The van der Waals surface area contributed by atoms with Gasteiger partial charge in [-0.25, -0.2) is 0 Å². The van der Waals surface area contributed by atoms with Crippen molar-refractivity contribution < 1.29 is 4.74 Å². The van der Waals surface area contributed by atoms with Gasteiger partial charge in [0.25, 0.3) is 0 Å². The topological polar surface area (TPSA) is 40.1 Å². The van der Waals surface area contributed by atoms with Crippen LogP contribution in [0.2, 0.25) is 0 Å². The van der Waals surface area contributed by atoms with Crippen LogP contribution in [-0.4, -0.2) is 75.8 Å². The van der Waals surface area contributed by atoms with Gasteiger partial charge in [0, 0.05) is 53.5 Å². The van der Waals surface area contributed by atoms with Gasteiger partial charge in [0.15, 0.2) is 5.96 Å². The van der Waals surface area contributed by atoms with Crippen LogP contribution in [0.15, 0.2) is 4.99 Å². The maximum atomic E-state index is 5.45. The van der Waals surface area contributed by atoms with Crippen LogP contribution in [0.5, 0.6) is 0 Å². The van der Waals surface area contributed by atoms with Crippen LogP contribution >= 0.6 is 0 Å². The summed E-state index contributed by atoms with van der Waals surface area (Å²) in [6, 6.07) is 0. The molecule has 2 heterocycles. The molecule has 0 aromatic rings. The first-order chi connectivity index (χ1) is 12.6. The molecule has 2 saturated heterocycles. The third kappa shape index (κ3) is 7.83. The summed E-state index contributed by atoms with van der Waals surface area (Å²) in [7, 11) is 4.05. The lowest BCUT2D eigenvalue weighted by Crippen LogP contribution is -2.41. The Balaban J connectivity index is 1.56. The second kappa shape index (κ2) is 11.8. The van der Waals surface area contributed by atoms with E-state index < -0.39 is 0 Å². The highest BCUT2D eigenvalue weighted by Crippen LogP contribution is 2.21. The van der Waals surface area contributed by atoms with E-state index in [0.29, 0.717) is 0 Å². The Labute approximate surface area is 161 Å². The Morgan fingerprint density at radius 2 is 1.85 bits per heavy atom. The van der Waals surface area contributed by atoms with Gasteiger partial charge in [-0.2, -0.15) is 0 Å². The average molecular weight is 367 g/mol. The first-order valence-corrected chi connectivity index (χ1v) is 10.8. The lowest BCUT2D eigenvalue weighted by molar-refractivity contribution is 0.0625. The van der Waals surface area contributed by atoms with Crippen molar-refractivity contribution >= 4 is 5.96 Å². The van der Waals surface area contributed by atoms with E-state index in [4.69, 9.17) is 4.74 Å². The Bertz CT molecular complexity index is 399. The monoisotopic (exact) mass is 366 g/mol. The van der Waals surface area contributed by atoms with Crippen LogP contribution < -0.4 is 5.32 Å². The number of rotatable bonds is 8. The molecule has 5 nitrogen and oxygen atoms in total. The fraction of sp³-hybridized carbons (Fsp3) is 0.952. The van der Waals surface area contributed by atoms with Crippen LogP contribution in [0.25, 0.3) is 0 Å². The molecule has 5 heteroatoms. The van der Waals surface area contributed by atoms with E-state index >= 15 is 0 Å². The van der Waals surface area contributed by atoms with Crippen molar-refractivity contribution in [2.75, 3.05) is 60.0 Å². The summed E-state index contributed by atoms with van der Waals surface area (Å²) in [5, 5.41) is 3.54. The smallest absolute Gasteiger partial charge is 0.193 e. The first-order valence-electron chi connectivity index (χ1n) is 10.8. The van der Waals surface area contributed by atoms with Crippen LogP contribution in [0.3, 0.4) is 0 Å². The number of likely N-dealkylation sites (tertiary alicyclic amines) is 1. The summed E-state index contributed by atoms with van der Waals surface area (Å²) in [5.74, 6) is 3.58. The Morgan fingerprint density at radius 3 is 2.50 bits per heavy atom. The maximum Gasteiger partial charge on any atom is 0.193 e. The van der Waals surface area contributed by atoms with Crippen LogP contribution in [0, 0.1) is 17.8 Å². The molecule has 0 radical (unpaired) electrons. The second-order valence-corrected chi connectivity index (χ2v) is 8.65. The molecule has 0 amide bonds. The summed E-state index contributed by atoms with van der Waals surface area (Å²) in [6.45, 7) is 12.6. The van der Waals surface area contributed by atoms with Crippen molar-refractivity contribution in [1.82, 2.24) is 15.1 Å².